The van der Waals surface area contributed by atoms with E-state index < -0.39 is 0 Å². The van der Waals surface area contributed by atoms with E-state index in [1.165, 1.54) is 17.2 Å². The number of rotatable bonds is 9. The molecule has 1 saturated heterocycles. The molecule has 2 aliphatic heterocycles. The summed E-state index contributed by atoms with van der Waals surface area (Å²) in [5, 5.41) is 10.4. The molecule has 3 N–H and O–H groups in total. The molecule has 9 nitrogen and oxygen atoms in total. The van der Waals surface area contributed by atoms with Crippen LogP contribution < -0.4 is 20.7 Å². The van der Waals surface area contributed by atoms with Gasteiger partial charge in [-0.25, -0.2) is 4.79 Å². The van der Waals surface area contributed by atoms with Gasteiger partial charge < -0.3 is 30.3 Å². The van der Waals surface area contributed by atoms with E-state index in [0.29, 0.717) is 35.3 Å². The molecule has 10 heteroatoms. The van der Waals surface area contributed by atoms with Crippen LogP contribution in [0.3, 0.4) is 0 Å². The zero-order valence-corrected chi connectivity index (χ0v) is 24.8. The number of morpholine rings is 1. The third-order valence-corrected chi connectivity index (χ3v) is 8.35. The van der Waals surface area contributed by atoms with Crippen molar-refractivity contribution >= 4 is 45.7 Å². The molecule has 2 fully saturated rings. The van der Waals surface area contributed by atoms with E-state index in [4.69, 9.17) is 21.1 Å². The topological polar surface area (TPSA) is 105 Å². The Morgan fingerprint density at radius 3 is 2.84 bits per heavy atom. The number of pyridine rings is 1. The lowest BCUT2D eigenvalue weighted by molar-refractivity contribution is -0.125. The van der Waals surface area contributed by atoms with E-state index in [-0.39, 0.29) is 24.1 Å². The molecule has 3 heterocycles. The first-order valence-corrected chi connectivity index (χ1v) is 15.2. The van der Waals surface area contributed by atoms with Crippen LogP contribution in [0.25, 0.3) is 16.5 Å². The number of amides is 3. The summed E-state index contributed by atoms with van der Waals surface area (Å²) in [5.74, 6) is 1.15. The summed E-state index contributed by atoms with van der Waals surface area (Å²) in [6, 6.07) is 11.4. The van der Waals surface area contributed by atoms with E-state index in [1.54, 1.807) is 29.3 Å². The van der Waals surface area contributed by atoms with Crippen LogP contribution in [0.15, 0.2) is 61.3 Å². The lowest BCUT2D eigenvalue weighted by Crippen LogP contribution is -2.38. The van der Waals surface area contributed by atoms with Crippen molar-refractivity contribution in [2.75, 3.05) is 38.1 Å². The second-order valence-electron chi connectivity index (χ2n) is 11.2. The van der Waals surface area contributed by atoms with Crippen molar-refractivity contribution in [2.45, 2.75) is 44.2 Å². The van der Waals surface area contributed by atoms with Crippen LogP contribution in [0.2, 0.25) is 5.02 Å². The number of hydrogen-bond acceptors (Lipinski definition) is 6. The molecule has 1 atom stereocenters. The van der Waals surface area contributed by atoms with E-state index in [9.17, 15) is 9.59 Å². The number of aromatic nitrogens is 1. The molecule has 1 aliphatic carbocycles. The highest BCUT2D eigenvalue weighted by atomic mass is 35.5. The minimum atomic E-state index is -0.262. The Kier molecular flexibility index (Phi) is 8.92. The van der Waals surface area contributed by atoms with Gasteiger partial charge in [-0.05, 0) is 85.2 Å². The number of nitrogens with one attached hydrogen (secondary N) is 3. The van der Waals surface area contributed by atoms with Gasteiger partial charge in [-0.15, -0.1) is 0 Å². The van der Waals surface area contributed by atoms with E-state index in [2.05, 4.69) is 45.7 Å². The van der Waals surface area contributed by atoms with Gasteiger partial charge in [0, 0.05) is 49.9 Å². The number of carbonyl (C=O) groups excluding carboxylic acids is 2. The van der Waals surface area contributed by atoms with E-state index >= 15 is 0 Å². The number of benzene rings is 2. The van der Waals surface area contributed by atoms with Gasteiger partial charge in [0.2, 0.25) is 5.91 Å². The van der Waals surface area contributed by atoms with Gasteiger partial charge in [-0.1, -0.05) is 24.3 Å². The maximum atomic E-state index is 12.2. The maximum absolute atomic E-state index is 12.2. The third-order valence-electron chi connectivity index (χ3n) is 8.04. The highest BCUT2D eigenvalue weighted by Crippen LogP contribution is 2.37. The number of carbonyl (C=O) groups is 2. The molecule has 0 bridgehead atoms. The molecule has 0 radical (unpaired) electrons. The zero-order chi connectivity index (χ0) is 29.8. The molecular formula is C33H36ClN5O4. The number of nitrogens with zero attached hydrogens (tertiary/aromatic N) is 2. The van der Waals surface area contributed by atoms with Crippen molar-refractivity contribution in [1.82, 2.24) is 20.5 Å². The molecule has 2 aromatic carbocycles. The summed E-state index contributed by atoms with van der Waals surface area (Å²) >= 11 is 6.51. The first kappa shape index (κ1) is 29.2. The third kappa shape index (κ3) is 7.18. The van der Waals surface area contributed by atoms with Gasteiger partial charge in [0.15, 0.2) is 0 Å². The number of halogens is 1. The summed E-state index contributed by atoms with van der Waals surface area (Å²) in [4.78, 5) is 30.8. The molecule has 3 aromatic rings. The van der Waals surface area contributed by atoms with Gasteiger partial charge >= 0.3 is 6.03 Å². The molecule has 3 amide bonds. The van der Waals surface area contributed by atoms with Crippen molar-refractivity contribution < 1.29 is 19.1 Å². The largest absolute Gasteiger partial charge is 0.457 e. The van der Waals surface area contributed by atoms with E-state index in [1.807, 2.05) is 6.07 Å². The monoisotopic (exact) mass is 601 g/mol. The number of aryl methyl sites for hydroxylation is 1. The first-order valence-electron chi connectivity index (χ1n) is 14.9. The lowest BCUT2D eigenvalue weighted by Gasteiger charge is -2.27. The van der Waals surface area contributed by atoms with Crippen LogP contribution in [0.5, 0.6) is 11.5 Å². The molecule has 43 heavy (non-hydrogen) atoms. The van der Waals surface area contributed by atoms with Gasteiger partial charge in [-0.2, -0.15) is 0 Å². The molecule has 6 rings (SSSR count). The fourth-order valence-electron chi connectivity index (χ4n) is 5.53. The first-order chi connectivity index (χ1) is 21.0. The van der Waals surface area contributed by atoms with Crippen molar-refractivity contribution in [3.63, 3.8) is 0 Å². The van der Waals surface area contributed by atoms with Crippen molar-refractivity contribution in [2.24, 2.45) is 0 Å². The average Bonchev–Trinajstić information content (AvgIpc) is 3.85. The zero-order valence-electron chi connectivity index (χ0n) is 24.0. The Labute approximate surface area is 256 Å². The maximum Gasteiger partial charge on any atom is 0.319 e. The molecule has 3 aliphatic rings. The number of urea groups is 1. The van der Waals surface area contributed by atoms with Gasteiger partial charge in [0.1, 0.15) is 11.5 Å². The van der Waals surface area contributed by atoms with Crippen LogP contribution in [0, 0.1) is 0 Å². The minimum Gasteiger partial charge on any atom is -0.457 e. The molecule has 224 valence electrons. The fraction of sp³-hybridized carbons (Fsp3) is 0.364. The van der Waals surface area contributed by atoms with Crippen LogP contribution in [-0.4, -0.2) is 66.8 Å². The smallest absolute Gasteiger partial charge is 0.319 e. The Hall–Kier alpha value is -3.92. The Morgan fingerprint density at radius 1 is 1.23 bits per heavy atom. The molecule has 1 aromatic heterocycles. The molecule has 1 unspecified atom stereocenters. The number of ether oxygens (including phenoxy) is 2. The average molecular weight is 602 g/mol. The highest BCUT2D eigenvalue weighted by Gasteiger charge is 2.24. The Morgan fingerprint density at radius 2 is 2.12 bits per heavy atom. The normalized spacial score (nSPS) is 18.6. The van der Waals surface area contributed by atoms with Gasteiger partial charge in [-0.3, -0.25) is 9.78 Å². The van der Waals surface area contributed by atoms with Crippen molar-refractivity contribution in [3.05, 3.63) is 77.5 Å². The minimum absolute atomic E-state index is 0.0562. The predicted octanol–water partition coefficient (Wildman–Crippen LogP) is 5.69. The predicted molar refractivity (Wildman–Crippen MR) is 169 cm³/mol. The summed E-state index contributed by atoms with van der Waals surface area (Å²) in [7, 11) is 0. The van der Waals surface area contributed by atoms with Crippen LogP contribution in [0.1, 0.15) is 36.8 Å². The second-order valence-corrected chi connectivity index (χ2v) is 11.6. The SMILES string of the molecule is C=CC(=O)N1CC=C(c2cc3c(Oc4ccc(NC(=O)NC5CC5)c(Cl)c4)ccnc3cc2CCC2CNCCO2)CC1. The quantitative estimate of drug-likeness (QED) is 0.272. The number of anilines is 1. The summed E-state index contributed by atoms with van der Waals surface area (Å²) in [6.45, 7) is 7.27. The highest BCUT2D eigenvalue weighted by molar-refractivity contribution is 6.33. The standard InChI is InChI=1S/C33H36ClN5O4/c1-2-32(40)39-14-10-21(11-15-39)26-19-27-30(17-22(26)3-6-25-20-35-13-16-42-25)36-12-9-31(27)43-24-7-8-29(28(34)18-24)38-33(41)37-23-4-5-23/h2,7-10,12,17-19,23,25,35H,1,3-6,11,13-16,20H2,(H2,37,38,41). The molecule has 0 spiro atoms. The van der Waals surface area contributed by atoms with Crippen molar-refractivity contribution in [1.29, 1.82) is 0 Å². The van der Waals surface area contributed by atoms with Gasteiger partial charge in [0.25, 0.3) is 0 Å². The number of hydrogen-bond donors (Lipinski definition) is 3. The second kappa shape index (κ2) is 13.2. The summed E-state index contributed by atoms with van der Waals surface area (Å²) in [6.07, 6.45) is 9.91. The fourth-order valence-corrected chi connectivity index (χ4v) is 5.75. The van der Waals surface area contributed by atoms with Crippen LogP contribution >= 0.6 is 11.6 Å². The Balaban J connectivity index is 1.28. The van der Waals surface area contributed by atoms with Crippen LogP contribution in [-0.2, 0) is 16.0 Å². The van der Waals surface area contributed by atoms with E-state index in [0.717, 1.165) is 68.3 Å². The summed E-state index contributed by atoms with van der Waals surface area (Å²) < 4.78 is 12.3. The van der Waals surface area contributed by atoms with Gasteiger partial charge in [0.05, 0.1) is 28.9 Å². The molecule has 1 saturated carbocycles. The van der Waals surface area contributed by atoms with Crippen molar-refractivity contribution in [3.8, 4) is 11.5 Å². The van der Waals surface area contributed by atoms with Crippen LogP contribution in [0.4, 0.5) is 10.5 Å². The summed E-state index contributed by atoms with van der Waals surface area (Å²) in [5.41, 5.74) is 4.89. The number of fused-ring (bicyclic) bond motifs is 1. The Bertz CT molecular complexity index is 1560. The lowest BCUT2D eigenvalue weighted by atomic mass is 9.90. The molecular weight excluding hydrogens is 566 g/mol.